The Morgan fingerprint density at radius 1 is 1.09 bits per heavy atom. The third-order valence-corrected chi connectivity index (χ3v) is 5.68. The number of sulfonamides is 1. The van der Waals surface area contributed by atoms with Crippen LogP contribution in [0.1, 0.15) is 27.4 Å². The van der Waals surface area contributed by atoms with Gasteiger partial charge in [-0.15, -0.1) is 0 Å². The first kappa shape index (κ1) is 24.7. The number of hydrogen-bond donors (Lipinski definition) is 2. The number of methoxy groups -OCH3 is 1. The van der Waals surface area contributed by atoms with Gasteiger partial charge in [0, 0.05) is 5.69 Å². The zero-order chi connectivity index (χ0) is 24.9. The summed E-state index contributed by atoms with van der Waals surface area (Å²) in [5.41, 5.74) is 2.01. The molecule has 0 bridgehead atoms. The van der Waals surface area contributed by atoms with Gasteiger partial charge in [-0.1, -0.05) is 5.16 Å². The van der Waals surface area contributed by atoms with E-state index in [4.69, 9.17) is 23.9 Å². The van der Waals surface area contributed by atoms with Crippen LogP contribution in [0.15, 0.2) is 51.9 Å². The van der Waals surface area contributed by atoms with Gasteiger partial charge in [-0.3, -0.25) is 4.79 Å². The number of aryl methyl sites for hydroxylation is 2. The van der Waals surface area contributed by atoms with Gasteiger partial charge in [0.05, 0.1) is 28.8 Å². The van der Waals surface area contributed by atoms with E-state index in [0.29, 0.717) is 22.9 Å². The first-order valence-electron chi connectivity index (χ1n) is 9.91. The van der Waals surface area contributed by atoms with Gasteiger partial charge >= 0.3 is 5.97 Å². The maximum atomic E-state index is 12.4. The van der Waals surface area contributed by atoms with Crippen molar-refractivity contribution in [1.82, 2.24) is 5.16 Å². The molecule has 0 aliphatic carbocycles. The van der Waals surface area contributed by atoms with E-state index < -0.39 is 28.5 Å². The van der Waals surface area contributed by atoms with E-state index in [2.05, 4.69) is 10.5 Å². The minimum absolute atomic E-state index is 0.0926. The van der Waals surface area contributed by atoms with Crippen molar-refractivity contribution in [2.24, 2.45) is 5.14 Å². The fourth-order valence-corrected chi connectivity index (χ4v) is 3.43. The smallest absolute Gasteiger partial charge is 0.338 e. The number of benzene rings is 2. The number of hydrogen-bond acceptors (Lipinski definition) is 9. The molecule has 0 aliphatic heterocycles. The van der Waals surface area contributed by atoms with Crippen LogP contribution < -0.4 is 19.9 Å². The number of primary sulfonamides is 1. The molecule has 0 saturated carbocycles. The molecule has 0 fully saturated rings. The van der Waals surface area contributed by atoms with Crippen LogP contribution in [0.3, 0.4) is 0 Å². The van der Waals surface area contributed by atoms with Crippen LogP contribution in [0.25, 0.3) is 0 Å². The SMILES string of the molecule is COc1cc(C(=O)OCC(=O)Nc2ccc(S(N)(=O)=O)cc2)ccc1OCc1c(C)noc1C. The lowest BCUT2D eigenvalue weighted by atomic mass is 10.2. The maximum Gasteiger partial charge on any atom is 0.338 e. The molecule has 3 N–H and O–H groups in total. The summed E-state index contributed by atoms with van der Waals surface area (Å²) in [4.78, 5) is 24.3. The molecule has 11 nitrogen and oxygen atoms in total. The van der Waals surface area contributed by atoms with Crippen LogP contribution in [-0.2, 0) is 26.2 Å². The largest absolute Gasteiger partial charge is 0.493 e. The van der Waals surface area contributed by atoms with Crippen LogP contribution in [0, 0.1) is 13.8 Å². The van der Waals surface area contributed by atoms with Crippen LogP contribution in [0.5, 0.6) is 11.5 Å². The molecule has 1 aromatic heterocycles. The van der Waals surface area contributed by atoms with Crippen LogP contribution >= 0.6 is 0 Å². The van der Waals surface area contributed by atoms with E-state index in [0.717, 1.165) is 11.3 Å². The highest BCUT2D eigenvalue weighted by Gasteiger charge is 2.16. The second-order valence-corrected chi connectivity index (χ2v) is 8.71. The van der Waals surface area contributed by atoms with E-state index in [1.54, 1.807) is 19.9 Å². The summed E-state index contributed by atoms with van der Waals surface area (Å²) in [7, 11) is -2.40. The molecule has 0 atom stereocenters. The predicted molar refractivity (Wildman–Crippen MR) is 120 cm³/mol. The minimum atomic E-state index is -3.84. The molecule has 0 radical (unpaired) electrons. The first-order valence-corrected chi connectivity index (χ1v) is 11.5. The van der Waals surface area contributed by atoms with Gasteiger partial charge in [-0.25, -0.2) is 18.4 Å². The zero-order valence-electron chi connectivity index (χ0n) is 18.7. The van der Waals surface area contributed by atoms with Gasteiger partial charge in [-0.2, -0.15) is 0 Å². The summed E-state index contributed by atoms with van der Waals surface area (Å²) in [6, 6.07) is 9.71. The van der Waals surface area contributed by atoms with Crippen molar-refractivity contribution in [2.45, 2.75) is 25.3 Å². The number of nitrogens with two attached hydrogens (primary N) is 1. The second-order valence-electron chi connectivity index (χ2n) is 7.15. The fourth-order valence-electron chi connectivity index (χ4n) is 2.91. The topological polar surface area (TPSA) is 160 Å². The second kappa shape index (κ2) is 10.4. The van der Waals surface area contributed by atoms with Gasteiger partial charge in [0.25, 0.3) is 5.91 Å². The van der Waals surface area contributed by atoms with Gasteiger partial charge in [0.1, 0.15) is 12.4 Å². The van der Waals surface area contributed by atoms with Crippen molar-refractivity contribution in [3.8, 4) is 11.5 Å². The number of carbonyl (C=O) groups is 2. The Balaban J connectivity index is 1.57. The zero-order valence-corrected chi connectivity index (χ0v) is 19.5. The molecule has 3 rings (SSSR count). The van der Waals surface area contributed by atoms with E-state index in [1.165, 1.54) is 43.5 Å². The summed E-state index contributed by atoms with van der Waals surface area (Å²) in [6.07, 6.45) is 0. The van der Waals surface area contributed by atoms with Crippen molar-refractivity contribution in [3.63, 3.8) is 0 Å². The third kappa shape index (κ3) is 6.11. The Morgan fingerprint density at radius 2 is 1.79 bits per heavy atom. The van der Waals surface area contributed by atoms with Crippen LogP contribution in [0.2, 0.25) is 0 Å². The molecule has 2 aromatic carbocycles. The van der Waals surface area contributed by atoms with Gasteiger partial charge in [0.2, 0.25) is 10.0 Å². The molecule has 1 amide bonds. The van der Waals surface area contributed by atoms with Crippen LogP contribution in [0.4, 0.5) is 5.69 Å². The quantitative estimate of drug-likeness (QED) is 0.430. The van der Waals surface area contributed by atoms with E-state index in [9.17, 15) is 18.0 Å². The van der Waals surface area contributed by atoms with Crippen molar-refractivity contribution in [3.05, 3.63) is 65.0 Å². The fraction of sp³-hybridized carbons (Fsp3) is 0.227. The Labute approximate surface area is 195 Å². The normalized spacial score (nSPS) is 11.1. The molecule has 0 saturated heterocycles. The average molecular weight is 490 g/mol. The number of nitrogens with zero attached hydrogens (tertiary/aromatic N) is 1. The van der Waals surface area contributed by atoms with Crippen LogP contribution in [-0.4, -0.2) is 39.2 Å². The summed E-state index contributed by atoms with van der Waals surface area (Å²) in [5.74, 6) is 0.00835. The number of aromatic nitrogens is 1. The molecule has 12 heteroatoms. The standard InChI is InChI=1S/C22H23N3O8S/c1-13-18(14(2)33-25-13)11-31-19-9-4-15(10-20(19)30-3)22(27)32-12-21(26)24-16-5-7-17(8-6-16)34(23,28)29/h4-10H,11-12H2,1-3H3,(H,24,26)(H2,23,28,29). The summed E-state index contributed by atoms with van der Waals surface area (Å²) < 4.78 is 43.8. The summed E-state index contributed by atoms with van der Waals surface area (Å²) in [6.45, 7) is 3.24. The lowest BCUT2D eigenvalue weighted by molar-refractivity contribution is -0.119. The van der Waals surface area contributed by atoms with E-state index in [-0.39, 0.29) is 17.1 Å². The molecular weight excluding hydrogens is 466 g/mol. The maximum absolute atomic E-state index is 12.4. The Kier molecular flexibility index (Phi) is 7.54. The predicted octanol–water partition coefficient (Wildman–Crippen LogP) is 2.32. The van der Waals surface area contributed by atoms with Gasteiger partial charge in [0.15, 0.2) is 18.1 Å². The molecular formula is C22H23N3O8S. The number of amides is 1. The highest BCUT2D eigenvalue weighted by atomic mass is 32.2. The molecule has 3 aromatic rings. The lowest BCUT2D eigenvalue weighted by Gasteiger charge is -2.12. The summed E-state index contributed by atoms with van der Waals surface area (Å²) in [5, 5.41) is 11.4. The monoisotopic (exact) mass is 489 g/mol. The van der Waals surface area contributed by atoms with Crippen molar-refractivity contribution in [2.75, 3.05) is 19.0 Å². The highest BCUT2D eigenvalue weighted by Crippen LogP contribution is 2.29. The highest BCUT2D eigenvalue weighted by molar-refractivity contribution is 7.89. The molecule has 34 heavy (non-hydrogen) atoms. The van der Waals surface area contributed by atoms with Crippen molar-refractivity contribution >= 4 is 27.6 Å². The Bertz CT molecular complexity index is 1280. The lowest BCUT2D eigenvalue weighted by Crippen LogP contribution is -2.21. The van der Waals surface area contributed by atoms with Crippen molar-refractivity contribution in [1.29, 1.82) is 0 Å². The van der Waals surface area contributed by atoms with E-state index >= 15 is 0 Å². The number of nitrogens with one attached hydrogen (secondary N) is 1. The minimum Gasteiger partial charge on any atom is -0.493 e. The molecule has 180 valence electrons. The number of anilines is 1. The molecule has 1 heterocycles. The molecule has 0 aliphatic rings. The van der Waals surface area contributed by atoms with Gasteiger partial charge < -0.3 is 24.1 Å². The number of rotatable bonds is 9. The third-order valence-electron chi connectivity index (χ3n) is 4.75. The number of esters is 1. The van der Waals surface area contributed by atoms with Crippen molar-refractivity contribution < 1.29 is 36.7 Å². The summed E-state index contributed by atoms with van der Waals surface area (Å²) >= 11 is 0. The van der Waals surface area contributed by atoms with E-state index in [1.807, 2.05) is 0 Å². The number of ether oxygens (including phenoxy) is 3. The Hall–Kier alpha value is -3.90. The first-order chi connectivity index (χ1) is 16.1. The average Bonchev–Trinajstić information content (AvgIpc) is 3.12. The number of carbonyl (C=O) groups excluding carboxylic acids is 2. The molecule has 0 unspecified atom stereocenters. The molecule has 0 spiro atoms. The Morgan fingerprint density at radius 3 is 2.38 bits per heavy atom. The van der Waals surface area contributed by atoms with Gasteiger partial charge in [-0.05, 0) is 56.3 Å².